The topological polar surface area (TPSA) is 79.2 Å². The number of aliphatic hydroxyl groups is 3. The van der Waals surface area contributed by atoms with Crippen LogP contribution in [0.5, 0.6) is 0 Å². The van der Waals surface area contributed by atoms with Gasteiger partial charge in [-0.25, -0.2) is 0 Å². The summed E-state index contributed by atoms with van der Waals surface area (Å²) >= 11 is 0. The Labute approximate surface area is 63.2 Å². The van der Waals surface area contributed by atoms with Crippen LogP contribution in [0.2, 0.25) is 0 Å². The van der Waals surface area contributed by atoms with Crippen molar-refractivity contribution in [2.45, 2.75) is 24.1 Å². The second kappa shape index (κ2) is 2.15. The molecule has 3 N–H and O–H groups in total. The summed E-state index contributed by atoms with van der Waals surface area (Å²) in [6.45, 7) is 0.0601. The van der Waals surface area contributed by atoms with Gasteiger partial charge in [0.1, 0.15) is 24.9 Å². The number of ether oxygens (including phenoxy) is 2. The van der Waals surface area contributed by atoms with Crippen LogP contribution in [0.3, 0.4) is 0 Å². The SMILES string of the molecule is O[C@@H]1[C@@H]2COC(O)(CO2)[C@H]1O. The van der Waals surface area contributed by atoms with Crippen molar-refractivity contribution in [1.82, 2.24) is 0 Å². The Hall–Kier alpha value is -0.200. The summed E-state index contributed by atoms with van der Waals surface area (Å²) in [5.74, 6) is -1.70. The molecule has 0 aliphatic carbocycles. The van der Waals surface area contributed by atoms with Gasteiger partial charge < -0.3 is 24.8 Å². The summed E-state index contributed by atoms with van der Waals surface area (Å²) in [6.07, 6.45) is -2.79. The molecule has 11 heavy (non-hydrogen) atoms. The Morgan fingerprint density at radius 1 is 1.36 bits per heavy atom. The first-order valence-corrected chi connectivity index (χ1v) is 3.47. The van der Waals surface area contributed by atoms with Crippen LogP contribution in [0, 0.1) is 0 Å². The molecule has 0 spiro atoms. The van der Waals surface area contributed by atoms with Crippen LogP contribution in [0.1, 0.15) is 0 Å². The summed E-state index contributed by atoms with van der Waals surface area (Å²) in [5, 5.41) is 27.8. The summed E-state index contributed by atoms with van der Waals surface area (Å²) in [6, 6.07) is 0. The van der Waals surface area contributed by atoms with E-state index in [-0.39, 0.29) is 13.2 Å². The van der Waals surface area contributed by atoms with E-state index in [1.165, 1.54) is 0 Å². The summed E-state index contributed by atoms with van der Waals surface area (Å²) in [5.41, 5.74) is 0. The van der Waals surface area contributed by atoms with Crippen molar-refractivity contribution in [2.75, 3.05) is 13.2 Å². The number of hydrogen-bond donors (Lipinski definition) is 3. The normalized spacial score (nSPS) is 56.5. The number of rotatable bonds is 0. The zero-order valence-electron chi connectivity index (χ0n) is 5.80. The zero-order valence-corrected chi connectivity index (χ0v) is 5.80. The second-order valence-electron chi connectivity index (χ2n) is 2.94. The second-order valence-corrected chi connectivity index (χ2v) is 2.94. The Kier molecular flexibility index (Phi) is 1.45. The molecule has 0 aromatic heterocycles. The highest BCUT2D eigenvalue weighted by Gasteiger charge is 2.54. The largest absolute Gasteiger partial charge is 0.387 e. The minimum absolute atomic E-state index is 0.0735. The van der Waals surface area contributed by atoms with E-state index in [0.717, 1.165) is 0 Å². The molecule has 0 aromatic carbocycles. The van der Waals surface area contributed by atoms with Gasteiger partial charge in [0, 0.05) is 0 Å². The van der Waals surface area contributed by atoms with Crippen molar-refractivity contribution in [3.05, 3.63) is 0 Å². The van der Waals surface area contributed by atoms with Crippen LogP contribution in [0.25, 0.3) is 0 Å². The highest BCUT2D eigenvalue weighted by Crippen LogP contribution is 2.31. The highest BCUT2D eigenvalue weighted by molar-refractivity contribution is 4.96. The molecule has 2 bridgehead atoms. The summed E-state index contributed by atoms with van der Waals surface area (Å²) in [7, 11) is 0. The third-order valence-electron chi connectivity index (χ3n) is 2.17. The van der Waals surface area contributed by atoms with E-state index in [9.17, 15) is 15.3 Å². The molecule has 3 fully saturated rings. The lowest BCUT2D eigenvalue weighted by Crippen LogP contribution is -2.68. The van der Waals surface area contributed by atoms with Gasteiger partial charge in [-0.1, -0.05) is 0 Å². The first-order chi connectivity index (χ1) is 5.13. The quantitative estimate of drug-likeness (QED) is 0.377. The fourth-order valence-corrected chi connectivity index (χ4v) is 1.38. The van der Waals surface area contributed by atoms with Crippen molar-refractivity contribution in [3.63, 3.8) is 0 Å². The fraction of sp³-hybridized carbons (Fsp3) is 1.00. The van der Waals surface area contributed by atoms with Gasteiger partial charge in [0.05, 0.1) is 6.61 Å². The van der Waals surface area contributed by atoms with Gasteiger partial charge >= 0.3 is 0 Å². The summed E-state index contributed by atoms with van der Waals surface area (Å²) < 4.78 is 9.85. The standard InChI is InChI=1S/C6H10O5/c7-4-3-1-11-6(9,2-10-3)5(4)8/h3-5,7-9H,1-2H2/t3-,4+,5-,6?/m0/s1. The van der Waals surface area contributed by atoms with Gasteiger partial charge in [0.2, 0.25) is 5.79 Å². The number of fused-ring (bicyclic) bond motifs is 3. The molecule has 0 amide bonds. The van der Waals surface area contributed by atoms with Crippen LogP contribution >= 0.6 is 0 Å². The minimum atomic E-state index is -1.70. The van der Waals surface area contributed by atoms with E-state index in [0.29, 0.717) is 0 Å². The van der Waals surface area contributed by atoms with E-state index >= 15 is 0 Å². The van der Waals surface area contributed by atoms with Gasteiger partial charge in [0.25, 0.3) is 0 Å². The van der Waals surface area contributed by atoms with Gasteiger partial charge in [-0.3, -0.25) is 0 Å². The van der Waals surface area contributed by atoms with Crippen molar-refractivity contribution >= 4 is 0 Å². The van der Waals surface area contributed by atoms with Crippen molar-refractivity contribution in [1.29, 1.82) is 0 Å². The number of aliphatic hydroxyl groups excluding tert-OH is 2. The lowest BCUT2D eigenvalue weighted by Gasteiger charge is -2.48. The molecule has 3 rings (SSSR count). The van der Waals surface area contributed by atoms with Gasteiger partial charge in [0.15, 0.2) is 0 Å². The van der Waals surface area contributed by atoms with Crippen LogP contribution in [-0.4, -0.2) is 52.6 Å². The smallest absolute Gasteiger partial charge is 0.219 e. The molecule has 1 unspecified atom stereocenters. The maximum absolute atomic E-state index is 9.40. The molecule has 3 saturated heterocycles. The molecule has 5 heteroatoms. The van der Waals surface area contributed by atoms with Crippen LogP contribution < -0.4 is 0 Å². The van der Waals surface area contributed by atoms with Gasteiger partial charge in [-0.05, 0) is 0 Å². The lowest BCUT2D eigenvalue weighted by atomic mass is 9.94. The molecular formula is C6H10O5. The molecule has 3 heterocycles. The minimum Gasteiger partial charge on any atom is -0.387 e. The maximum atomic E-state index is 9.40. The monoisotopic (exact) mass is 162 g/mol. The molecular weight excluding hydrogens is 152 g/mol. The first kappa shape index (κ1) is 7.45. The molecule has 3 aliphatic heterocycles. The van der Waals surface area contributed by atoms with Crippen molar-refractivity contribution < 1.29 is 24.8 Å². The van der Waals surface area contributed by atoms with E-state index in [2.05, 4.69) is 0 Å². The Morgan fingerprint density at radius 2 is 2.09 bits per heavy atom. The van der Waals surface area contributed by atoms with E-state index < -0.39 is 24.1 Å². The third kappa shape index (κ3) is 0.896. The Bertz CT molecular complexity index is 162. The van der Waals surface area contributed by atoms with Crippen LogP contribution in [0.15, 0.2) is 0 Å². The van der Waals surface area contributed by atoms with Gasteiger partial charge in [-0.15, -0.1) is 0 Å². The predicted octanol–water partition coefficient (Wildman–Crippen LogP) is -2.17. The van der Waals surface area contributed by atoms with Crippen molar-refractivity contribution in [3.8, 4) is 0 Å². The van der Waals surface area contributed by atoms with E-state index in [1.807, 2.05) is 0 Å². The molecule has 0 radical (unpaired) electrons. The average molecular weight is 162 g/mol. The van der Waals surface area contributed by atoms with Gasteiger partial charge in [-0.2, -0.15) is 0 Å². The third-order valence-corrected chi connectivity index (χ3v) is 2.17. The summed E-state index contributed by atoms with van der Waals surface area (Å²) in [4.78, 5) is 0. The van der Waals surface area contributed by atoms with E-state index in [1.54, 1.807) is 0 Å². The van der Waals surface area contributed by atoms with Crippen LogP contribution in [0.4, 0.5) is 0 Å². The average Bonchev–Trinajstić information content (AvgIpc) is 2.01. The predicted molar refractivity (Wildman–Crippen MR) is 32.7 cm³/mol. The fourth-order valence-electron chi connectivity index (χ4n) is 1.38. The molecule has 64 valence electrons. The molecule has 5 nitrogen and oxygen atoms in total. The number of hydrogen-bond acceptors (Lipinski definition) is 5. The van der Waals surface area contributed by atoms with Crippen LogP contribution in [-0.2, 0) is 9.47 Å². The van der Waals surface area contributed by atoms with Crippen molar-refractivity contribution in [2.24, 2.45) is 0 Å². The lowest BCUT2D eigenvalue weighted by molar-refractivity contribution is -0.385. The molecule has 3 aliphatic rings. The first-order valence-electron chi connectivity index (χ1n) is 3.47. The molecule has 0 saturated carbocycles. The van der Waals surface area contributed by atoms with E-state index in [4.69, 9.17) is 9.47 Å². The molecule has 4 atom stereocenters. The maximum Gasteiger partial charge on any atom is 0.219 e. The Morgan fingerprint density at radius 3 is 2.45 bits per heavy atom. The zero-order chi connectivity index (χ0) is 8.06. The Balaban J connectivity index is 2.23. The molecule has 0 aromatic rings. The highest BCUT2D eigenvalue weighted by atomic mass is 16.7.